The van der Waals surface area contributed by atoms with Crippen LogP contribution >= 0.6 is 22.6 Å². The van der Waals surface area contributed by atoms with E-state index in [1.165, 1.54) is 14.7 Å². The van der Waals surface area contributed by atoms with E-state index < -0.39 is 6.17 Å². The fraction of sp³-hybridized carbons (Fsp3) is 0.714. The third-order valence-corrected chi connectivity index (χ3v) is 3.78. The summed E-state index contributed by atoms with van der Waals surface area (Å²) in [6.07, 6.45) is 4.38. The van der Waals surface area contributed by atoms with Gasteiger partial charge in [-0.3, -0.25) is 0 Å². The molecule has 0 heterocycles. The second kappa shape index (κ2) is 8.26. The van der Waals surface area contributed by atoms with Gasteiger partial charge in [-0.05, 0) is 66.7 Å². The van der Waals surface area contributed by atoms with Crippen LogP contribution in [-0.2, 0) is 0 Å². The summed E-state index contributed by atoms with van der Waals surface area (Å²) in [7, 11) is 0. The Labute approximate surface area is 114 Å². The molecule has 0 aromatic rings. The van der Waals surface area contributed by atoms with Crippen molar-refractivity contribution in [1.29, 1.82) is 0 Å². The SMILES string of the molecule is CCC/C=C(\C)C(C[C@@H](C)F)/C(C)=C(\C)I. The molecule has 2 atom stereocenters. The van der Waals surface area contributed by atoms with Gasteiger partial charge < -0.3 is 0 Å². The summed E-state index contributed by atoms with van der Waals surface area (Å²) < 4.78 is 14.5. The molecule has 0 aliphatic heterocycles. The molecule has 0 spiro atoms. The van der Waals surface area contributed by atoms with Crippen molar-refractivity contribution in [3.05, 3.63) is 20.8 Å². The number of halogens is 2. The first-order chi connectivity index (χ1) is 7.40. The van der Waals surface area contributed by atoms with Crippen LogP contribution in [0, 0.1) is 5.92 Å². The zero-order chi connectivity index (χ0) is 12.7. The molecular formula is C14H24FI. The predicted molar refractivity (Wildman–Crippen MR) is 79.7 cm³/mol. The Bertz CT molecular complexity index is 260. The first-order valence-electron chi connectivity index (χ1n) is 6.03. The number of unbranched alkanes of at least 4 members (excludes halogenated alkanes) is 1. The van der Waals surface area contributed by atoms with Gasteiger partial charge in [-0.1, -0.05) is 30.6 Å². The highest BCUT2D eigenvalue weighted by atomic mass is 127. The van der Waals surface area contributed by atoms with Crippen molar-refractivity contribution in [1.82, 2.24) is 0 Å². The minimum absolute atomic E-state index is 0.281. The maximum Gasteiger partial charge on any atom is 0.0982 e. The van der Waals surface area contributed by atoms with Crippen LogP contribution in [-0.4, -0.2) is 6.17 Å². The van der Waals surface area contributed by atoms with Crippen molar-refractivity contribution >= 4 is 22.6 Å². The number of alkyl halides is 1. The molecule has 0 bridgehead atoms. The van der Waals surface area contributed by atoms with E-state index >= 15 is 0 Å². The first kappa shape index (κ1) is 16.1. The maximum absolute atomic E-state index is 13.2. The molecule has 0 aliphatic rings. The third kappa shape index (κ3) is 6.02. The summed E-state index contributed by atoms with van der Waals surface area (Å²) in [4.78, 5) is 0. The summed E-state index contributed by atoms with van der Waals surface area (Å²) in [6, 6.07) is 0. The molecular weight excluding hydrogens is 314 g/mol. The molecule has 0 nitrogen and oxygen atoms in total. The highest BCUT2D eigenvalue weighted by molar-refractivity contribution is 14.1. The molecule has 0 N–H and O–H groups in total. The summed E-state index contributed by atoms with van der Waals surface area (Å²) in [5.74, 6) is 0.281. The van der Waals surface area contributed by atoms with E-state index in [0.29, 0.717) is 6.42 Å². The summed E-state index contributed by atoms with van der Waals surface area (Å²) in [5, 5.41) is 0. The fourth-order valence-corrected chi connectivity index (χ4v) is 2.16. The fourth-order valence-electron chi connectivity index (χ4n) is 1.78. The van der Waals surface area contributed by atoms with Gasteiger partial charge in [0.1, 0.15) is 0 Å². The Morgan fingerprint density at radius 1 is 1.31 bits per heavy atom. The number of allylic oxidation sites excluding steroid dienone is 4. The van der Waals surface area contributed by atoms with Crippen molar-refractivity contribution in [2.24, 2.45) is 5.92 Å². The molecule has 0 fully saturated rings. The predicted octanol–water partition coefficient (Wildman–Crippen LogP) is 5.83. The Balaban J connectivity index is 4.87. The Hall–Kier alpha value is 0.140. The smallest absolute Gasteiger partial charge is 0.0982 e. The Morgan fingerprint density at radius 2 is 1.88 bits per heavy atom. The quantitative estimate of drug-likeness (QED) is 0.422. The number of hydrogen-bond acceptors (Lipinski definition) is 0. The van der Waals surface area contributed by atoms with Crippen molar-refractivity contribution in [2.75, 3.05) is 0 Å². The number of hydrogen-bond donors (Lipinski definition) is 0. The summed E-state index contributed by atoms with van der Waals surface area (Å²) >= 11 is 2.33. The van der Waals surface area contributed by atoms with Gasteiger partial charge in [0.2, 0.25) is 0 Å². The molecule has 0 saturated heterocycles. The van der Waals surface area contributed by atoms with Crippen molar-refractivity contribution in [3.8, 4) is 0 Å². The Morgan fingerprint density at radius 3 is 2.25 bits per heavy atom. The average molecular weight is 338 g/mol. The largest absolute Gasteiger partial charge is 0.248 e. The van der Waals surface area contributed by atoms with E-state index in [2.05, 4.69) is 56.4 Å². The average Bonchev–Trinajstić information content (AvgIpc) is 2.21. The van der Waals surface area contributed by atoms with E-state index in [1.807, 2.05) is 0 Å². The molecule has 0 amide bonds. The topological polar surface area (TPSA) is 0 Å². The van der Waals surface area contributed by atoms with E-state index in [-0.39, 0.29) is 5.92 Å². The molecule has 16 heavy (non-hydrogen) atoms. The molecule has 0 rings (SSSR count). The highest BCUT2D eigenvalue weighted by Gasteiger charge is 2.17. The van der Waals surface area contributed by atoms with Crippen molar-refractivity contribution < 1.29 is 4.39 Å². The molecule has 94 valence electrons. The van der Waals surface area contributed by atoms with E-state index in [0.717, 1.165) is 12.8 Å². The van der Waals surface area contributed by atoms with Crippen molar-refractivity contribution in [2.45, 2.75) is 60.1 Å². The van der Waals surface area contributed by atoms with Gasteiger partial charge in [0.25, 0.3) is 0 Å². The van der Waals surface area contributed by atoms with Gasteiger partial charge in [0.05, 0.1) is 6.17 Å². The second-order valence-corrected chi connectivity index (χ2v) is 6.14. The van der Waals surface area contributed by atoms with Gasteiger partial charge in [-0.25, -0.2) is 4.39 Å². The highest BCUT2D eigenvalue weighted by Crippen LogP contribution is 2.30. The molecule has 0 aromatic carbocycles. The molecule has 0 aliphatic carbocycles. The minimum atomic E-state index is -0.735. The van der Waals surface area contributed by atoms with Crippen LogP contribution < -0.4 is 0 Å². The minimum Gasteiger partial charge on any atom is -0.248 e. The lowest BCUT2D eigenvalue weighted by atomic mass is 9.87. The van der Waals surface area contributed by atoms with Gasteiger partial charge in [0.15, 0.2) is 0 Å². The second-order valence-electron chi connectivity index (χ2n) is 4.52. The van der Waals surface area contributed by atoms with Crippen LogP contribution in [0.25, 0.3) is 0 Å². The zero-order valence-electron chi connectivity index (χ0n) is 11.1. The molecule has 2 heteroatoms. The standard InChI is InChI=1S/C14H24FI/c1-6-7-8-10(2)14(9-11(3)15)12(4)13(5)16/h8,11,14H,6-7,9H2,1-5H3/b10-8+,13-12+/t11-,14?/m1/s1. The van der Waals surface area contributed by atoms with Crippen LogP contribution in [0.15, 0.2) is 20.8 Å². The first-order valence-corrected chi connectivity index (χ1v) is 7.11. The van der Waals surface area contributed by atoms with Crippen LogP contribution in [0.2, 0.25) is 0 Å². The molecule has 0 radical (unpaired) electrons. The number of rotatable bonds is 6. The monoisotopic (exact) mass is 338 g/mol. The lowest BCUT2D eigenvalue weighted by molar-refractivity contribution is 0.317. The van der Waals surface area contributed by atoms with Gasteiger partial charge in [-0.15, -0.1) is 0 Å². The third-order valence-electron chi connectivity index (χ3n) is 2.93. The van der Waals surface area contributed by atoms with E-state index in [4.69, 9.17) is 0 Å². The van der Waals surface area contributed by atoms with Crippen molar-refractivity contribution in [3.63, 3.8) is 0 Å². The normalized spacial score (nSPS) is 18.1. The summed E-state index contributed by atoms with van der Waals surface area (Å²) in [5.41, 5.74) is 2.63. The Kier molecular flexibility index (Phi) is 8.34. The molecule has 0 aromatic heterocycles. The maximum atomic E-state index is 13.2. The lowest BCUT2D eigenvalue weighted by Gasteiger charge is -2.21. The van der Waals surface area contributed by atoms with E-state index in [9.17, 15) is 4.39 Å². The molecule has 0 saturated carbocycles. The van der Waals surface area contributed by atoms with Gasteiger partial charge in [-0.2, -0.15) is 0 Å². The van der Waals surface area contributed by atoms with Crippen LogP contribution in [0.1, 0.15) is 53.9 Å². The van der Waals surface area contributed by atoms with Gasteiger partial charge >= 0.3 is 0 Å². The van der Waals surface area contributed by atoms with Crippen LogP contribution in [0.4, 0.5) is 4.39 Å². The van der Waals surface area contributed by atoms with Crippen LogP contribution in [0.3, 0.4) is 0 Å². The lowest BCUT2D eigenvalue weighted by Crippen LogP contribution is -2.10. The zero-order valence-corrected chi connectivity index (χ0v) is 13.3. The van der Waals surface area contributed by atoms with Gasteiger partial charge in [0, 0.05) is 5.92 Å². The van der Waals surface area contributed by atoms with Crippen LogP contribution in [0.5, 0.6) is 0 Å². The summed E-state index contributed by atoms with van der Waals surface area (Å²) in [6.45, 7) is 10.2. The van der Waals surface area contributed by atoms with E-state index in [1.54, 1.807) is 6.92 Å². The molecule has 1 unspecified atom stereocenters.